The topological polar surface area (TPSA) is 64.9 Å². The van der Waals surface area contributed by atoms with Crippen molar-refractivity contribution in [3.8, 4) is 0 Å². The molecule has 2 rings (SSSR count). The zero-order valence-electron chi connectivity index (χ0n) is 9.44. The van der Waals surface area contributed by atoms with E-state index in [1.54, 1.807) is 0 Å². The van der Waals surface area contributed by atoms with Gasteiger partial charge in [-0.15, -0.1) is 0 Å². The van der Waals surface area contributed by atoms with Gasteiger partial charge in [0.05, 0.1) is 6.04 Å². The van der Waals surface area contributed by atoms with E-state index in [4.69, 9.17) is 10.3 Å². The third kappa shape index (κ3) is 2.37. The lowest BCUT2D eigenvalue weighted by molar-refractivity contribution is 0.317. The van der Waals surface area contributed by atoms with Crippen LogP contribution in [-0.2, 0) is 0 Å². The van der Waals surface area contributed by atoms with Gasteiger partial charge in [-0.3, -0.25) is 0 Å². The van der Waals surface area contributed by atoms with Gasteiger partial charge in [0, 0.05) is 5.92 Å². The van der Waals surface area contributed by atoms with Crippen LogP contribution in [0.3, 0.4) is 0 Å². The Kier molecular flexibility index (Phi) is 3.05. The van der Waals surface area contributed by atoms with Crippen LogP contribution in [0, 0.1) is 5.92 Å². The summed E-state index contributed by atoms with van der Waals surface area (Å²) in [5.41, 5.74) is 5.69. The molecule has 3 unspecified atom stereocenters. The average molecular weight is 209 g/mol. The third-order valence-electron chi connectivity index (χ3n) is 3.15. The van der Waals surface area contributed by atoms with Crippen LogP contribution in [-0.4, -0.2) is 10.1 Å². The maximum atomic E-state index is 5.69. The van der Waals surface area contributed by atoms with Gasteiger partial charge in [0.25, 0.3) is 0 Å². The fraction of sp³-hybridized carbons (Fsp3) is 0.818. The Labute approximate surface area is 90.2 Å². The first-order chi connectivity index (χ1) is 7.16. The van der Waals surface area contributed by atoms with Crippen molar-refractivity contribution in [1.82, 2.24) is 10.1 Å². The summed E-state index contributed by atoms with van der Waals surface area (Å²) in [4.78, 5) is 4.37. The summed E-state index contributed by atoms with van der Waals surface area (Å²) in [5, 5.41) is 4.03. The second kappa shape index (κ2) is 4.31. The lowest BCUT2D eigenvalue weighted by Gasteiger charge is -2.23. The molecule has 1 fully saturated rings. The molecule has 1 aliphatic rings. The standard InChI is InChI=1S/C11H19N3O/c1-7-4-3-5-9(6-7)10-13-11(8(2)12)15-14-10/h7-9H,3-6,12H2,1-2H3. The van der Waals surface area contributed by atoms with E-state index in [0.29, 0.717) is 11.8 Å². The molecule has 0 saturated heterocycles. The van der Waals surface area contributed by atoms with Crippen molar-refractivity contribution in [3.63, 3.8) is 0 Å². The van der Waals surface area contributed by atoms with Crippen molar-refractivity contribution in [1.29, 1.82) is 0 Å². The van der Waals surface area contributed by atoms with Gasteiger partial charge in [0.1, 0.15) is 0 Å². The van der Waals surface area contributed by atoms with Crippen LogP contribution in [0.4, 0.5) is 0 Å². The van der Waals surface area contributed by atoms with Crippen molar-refractivity contribution in [3.05, 3.63) is 11.7 Å². The first-order valence-corrected chi connectivity index (χ1v) is 5.76. The van der Waals surface area contributed by atoms with E-state index in [0.717, 1.165) is 11.7 Å². The van der Waals surface area contributed by atoms with Crippen molar-refractivity contribution >= 4 is 0 Å². The maximum absolute atomic E-state index is 5.69. The van der Waals surface area contributed by atoms with E-state index in [-0.39, 0.29) is 6.04 Å². The minimum absolute atomic E-state index is 0.160. The van der Waals surface area contributed by atoms with Crippen LogP contribution in [0.15, 0.2) is 4.52 Å². The van der Waals surface area contributed by atoms with Crippen LogP contribution in [0.5, 0.6) is 0 Å². The Bertz CT molecular complexity index is 321. The first-order valence-electron chi connectivity index (χ1n) is 5.76. The smallest absolute Gasteiger partial charge is 0.243 e. The molecule has 0 spiro atoms. The summed E-state index contributed by atoms with van der Waals surface area (Å²) < 4.78 is 5.13. The highest BCUT2D eigenvalue weighted by Gasteiger charge is 2.24. The van der Waals surface area contributed by atoms with Gasteiger partial charge in [-0.05, 0) is 25.7 Å². The van der Waals surface area contributed by atoms with Gasteiger partial charge in [0.15, 0.2) is 5.82 Å². The second-order valence-corrected chi connectivity index (χ2v) is 4.75. The van der Waals surface area contributed by atoms with Crippen LogP contribution < -0.4 is 5.73 Å². The Morgan fingerprint density at radius 3 is 2.87 bits per heavy atom. The number of aromatic nitrogens is 2. The lowest BCUT2D eigenvalue weighted by atomic mass is 9.82. The molecule has 1 saturated carbocycles. The van der Waals surface area contributed by atoms with E-state index >= 15 is 0 Å². The number of nitrogens with two attached hydrogens (primary N) is 1. The van der Waals surface area contributed by atoms with Gasteiger partial charge in [-0.25, -0.2) is 0 Å². The van der Waals surface area contributed by atoms with E-state index in [2.05, 4.69) is 17.1 Å². The molecule has 4 heteroatoms. The molecule has 0 aliphatic heterocycles. The molecule has 0 radical (unpaired) electrons. The molecule has 1 aromatic heterocycles. The average Bonchev–Trinajstić information content (AvgIpc) is 2.66. The monoisotopic (exact) mass is 209 g/mol. The normalized spacial score (nSPS) is 29.0. The summed E-state index contributed by atoms with van der Waals surface area (Å²) in [6, 6.07) is -0.160. The highest BCUT2D eigenvalue weighted by Crippen LogP contribution is 2.34. The lowest BCUT2D eigenvalue weighted by Crippen LogP contribution is -2.13. The summed E-state index contributed by atoms with van der Waals surface area (Å²) in [7, 11) is 0. The number of hydrogen-bond donors (Lipinski definition) is 1. The Morgan fingerprint density at radius 1 is 1.47 bits per heavy atom. The predicted molar refractivity (Wildman–Crippen MR) is 57.3 cm³/mol. The summed E-state index contributed by atoms with van der Waals surface area (Å²) >= 11 is 0. The van der Waals surface area contributed by atoms with E-state index in [9.17, 15) is 0 Å². The molecule has 15 heavy (non-hydrogen) atoms. The highest BCUT2D eigenvalue weighted by atomic mass is 16.5. The molecule has 0 bridgehead atoms. The van der Waals surface area contributed by atoms with Gasteiger partial charge in [-0.2, -0.15) is 4.98 Å². The zero-order valence-corrected chi connectivity index (χ0v) is 9.44. The molecular weight excluding hydrogens is 190 g/mol. The van der Waals surface area contributed by atoms with Gasteiger partial charge < -0.3 is 10.3 Å². The molecule has 3 atom stereocenters. The maximum Gasteiger partial charge on any atom is 0.243 e. The summed E-state index contributed by atoms with van der Waals surface area (Å²) in [5.74, 6) is 2.67. The number of hydrogen-bond acceptors (Lipinski definition) is 4. The molecule has 1 aliphatic carbocycles. The minimum atomic E-state index is -0.160. The van der Waals surface area contributed by atoms with E-state index in [1.165, 1.54) is 25.7 Å². The quantitative estimate of drug-likeness (QED) is 0.812. The van der Waals surface area contributed by atoms with Gasteiger partial charge in [-0.1, -0.05) is 24.9 Å². The van der Waals surface area contributed by atoms with Crippen molar-refractivity contribution in [2.75, 3.05) is 0 Å². The zero-order chi connectivity index (χ0) is 10.8. The van der Waals surface area contributed by atoms with Crippen molar-refractivity contribution in [2.45, 2.75) is 51.5 Å². The summed E-state index contributed by atoms with van der Waals surface area (Å²) in [6.07, 6.45) is 4.96. The van der Waals surface area contributed by atoms with Crippen LogP contribution in [0.25, 0.3) is 0 Å². The largest absolute Gasteiger partial charge is 0.338 e. The predicted octanol–water partition coefficient (Wildman–Crippen LogP) is 2.38. The molecule has 1 aromatic rings. The Morgan fingerprint density at radius 2 is 2.27 bits per heavy atom. The Hall–Kier alpha value is -0.900. The summed E-state index contributed by atoms with van der Waals surface area (Å²) in [6.45, 7) is 4.15. The first kappa shape index (κ1) is 10.6. The van der Waals surface area contributed by atoms with Crippen LogP contribution in [0.2, 0.25) is 0 Å². The Balaban J connectivity index is 2.08. The third-order valence-corrected chi connectivity index (χ3v) is 3.15. The molecule has 0 amide bonds. The molecule has 2 N–H and O–H groups in total. The molecule has 0 aromatic carbocycles. The van der Waals surface area contributed by atoms with Crippen LogP contribution >= 0.6 is 0 Å². The fourth-order valence-corrected chi connectivity index (χ4v) is 2.27. The number of rotatable bonds is 2. The van der Waals surface area contributed by atoms with Gasteiger partial charge >= 0.3 is 0 Å². The fourth-order valence-electron chi connectivity index (χ4n) is 2.27. The van der Waals surface area contributed by atoms with Crippen LogP contribution in [0.1, 0.15) is 63.2 Å². The van der Waals surface area contributed by atoms with Crippen molar-refractivity contribution < 1.29 is 4.52 Å². The SMILES string of the molecule is CC1CCCC(c2noc(C(C)N)n2)C1. The number of nitrogens with zero attached hydrogens (tertiary/aromatic N) is 2. The second-order valence-electron chi connectivity index (χ2n) is 4.75. The molecule has 1 heterocycles. The van der Waals surface area contributed by atoms with Crippen molar-refractivity contribution in [2.24, 2.45) is 11.7 Å². The van der Waals surface area contributed by atoms with E-state index in [1.807, 2.05) is 6.92 Å². The minimum Gasteiger partial charge on any atom is -0.338 e. The van der Waals surface area contributed by atoms with E-state index < -0.39 is 0 Å². The van der Waals surface area contributed by atoms with Gasteiger partial charge in [0.2, 0.25) is 5.89 Å². The molecule has 84 valence electrons. The molecular formula is C11H19N3O. The highest BCUT2D eigenvalue weighted by molar-refractivity contribution is 4.99. The molecule has 4 nitrogen and oxygen atoms in total.